The zero-order valence-corrected chi connectivity index (χ0v) is 18.7. The number of hydrogen-bond donors (Lipinski definition) is 1. The minimum atomic E-state index is -0.355. The highest BCUT2D eigenvalue weighted by Gasteiger charge is 2.29. The number of aryl methyl sites for hydroxylation is 1. The van der Waals surface area contributed by atoms with Crippen molar-refractivity contribution in [3.8, 4) is 0 Å². The SMILES string of the molecule is CCCc1ccc(C(NC(=O)C2CCN(C(=O)c3ccc(F)cc3)CC2)C(C)C)cc1. The first kappa shape index (κ1) is 23.0. The van der Waals surface area contributed by atoms with E-state index >= 15 is 0 Å². The van der Waals surface area contributed by atoms with Gasteiger partial charge in [0.15, 0.2) is 0 Å². The zero-order valence-electron chi connectivity index (χ0n) is 18.7. The van der Waals surface area contributed by atoms with Gasteiger partial charge in [0, 0.05) is 24.6 Å². The maximum absolute atomic E-state index is 13.1. The van der Waals surface area contributed by atoms with Crippen LogP contribution in [0.15, 0.2) is 48.5 Å². The molecule has 31 heavy (non-hydrogen) atoms. The molecular formula is C26H33FN2O2. The van der Waals surface area contributed by atoms with Crippen molar-refractivity contribution in [2.45, 2.75) is 52.5 Å². The van der Waals surface area contributed by atoms with E-state index in [0.29, 0.717) is 31.5 Å². The molecule has 0 aliphatic carbocycles. The lowest BCUT2D eigenvalue weighted by atomic mass is 9.91. The van der Waals surface area contributed by atoms with Crippen LogP contribution in [0.25, 0.3) is 0 Å². The van der Waals surface area contributed by atoms with Gasteiger partial charge in [-0.25, -0.2) is 4.39 Å². The topological polar surface area (TPSA) is 49.4 Å². The lowest BCUT2D eigenvalue weighted by Crippen LogP contribution is -2.44. The number of piperidine rings is 1. The highest BCUT2D eigenvalue weighted by atomic mass is 19.1. The molecule has 3 rings (SSSR count). The monoisotopic (exact) mass is 424 g/mol. The molecule has 0 aromatic heterocycles. The standard InChI is InChI=1S/C26H33FN2O2/c1-4-5-19-6-8-20(9-7-19)24(18(2)3)28-25(30)21-14-16-29(17-15-21)26(31)22-10-12-23(27)13-11-22/h6-13,18,21,24H,4-5,14-17H2,1-3H3,(H,28,30). The van der Waals surface area contributed by atoms with Crippen LogP contribution in [0, 0.1) is 17.7 Å². The molecule has 1 aliphatic heterocycles. The Balaban J connectivity index is 1.57. The summed E-state index contributed by atoms with van der Waals surface area (Å²) in [6.07, 6.45) is 3.46. The van der Waals surface area contributed by atoms with Gasteiger partial charge in [-0.2, -0.15) is 0 Å². The Kier molecular flexibility index (Phi) is 7.83. The third-order valence-electron chi connectivity index (χ3n) is 6.09. The number of benzene rings is 2. The molecule has 0 spiro atoms. The van der Waals surface area contributed by atoms with Crippen LogP contribution in [0.3, 0.4) is 0 Å². The summed E-state index contributed by atoms with van der Waals surface area (Å²) in [5.41, 5.74) is 2.93. The Labute approximate surface area is 184 Å². The second-order valence-corrected chi connectivity index (χ2v) is 8.80. The fraction of sp³-hybridized carbons (Fsp3) is 0.462. The molecule has 0 radical (unpaired) electrons. The predicted molar refractivity (Wildman–Crippen MR) is 121 cm³/mol. The molecule has 1 saturated heterocycles. The largest absolute Gasteiger partial charge is 0.349 e. The summed E-state index contributed by atoms with van der Waals surface area (Å²) in [5.74, 6) is -0.220. The van der Waals surface area contributed by atoms with Crippen molar-refractivity contribution in [1.82, 2.24) is 10.2 Å². The second-order valence-electron chi connectivity index (χ2n) is 8.80. The molecule has 5 heteroatoms. The van der Waals surface area contributed by atoms with E-state index in [1.165, 1.54) is 29.8 Å². The normalized spacial score (nSPS) is 15.7. The molecule has 0 bridgehead atoms. The first-order valence-corrected chi connectivity index (χ1v) is 11.3. The third-order valence-corrected chi connectivity index (χ3v) is 6.09. The number of carbonyl (C=O) groups excluding carboxylic acids is 2. The highest BCUT2D eigenvalue weighted by molar-refractivity contribution is 5.94. The van der Waals surface area contributed by atoms with Crippen molar-refractivity contribution in [2.24, 2.45) is 11.8 Å². The van der Waals surface area contributed by atoms with Crippen LogP contribution >= 0.6 is 0 Å². The molecule has 0 saturated carbocycles. The number of nitrogens with zero attached hydrogens (tertiary/aromatic N) is 1. The van der Waals surface area contributed by atoms with Crippen LogP contribution in [0.1, 0.15) is 67.6 Å². The summed E-state index contributed by atoms with van der Waals surface area (Å²) in [6.45, 7) is 7.48. The molecule has 1 aliphatic rings. The number of hydrogen-bond acceptors (Lipinski definition) is 2. The fourth-order valence-electron chi connectivity index (χ4n) is 4.21. The van der Waals surface area contributed by atoms with E-state index < -0.39 is 0 Å². The maximum atomic E-state index is 13.1. The first-order chi connectivity index (χ1) is 14.9. The van der Waals surface area contributed by atoms with Crippen LogP contribution in [-0.2, 0) is 11.2 Å². The van der Waals surface area contributed by atoms with E-state index in [0.717, 1.165) is 18.4 Å². The van der Waals surface area contributed by atoms with E-state index in [4.69, 9.17) is 0 Å². The van der Waals surface area contributed by atoms with E-state index in [-0.39, 0.29) is 35.5 Å². The van der Waals surface area contributed by atoms with Crippen LogP contribution in [-0.4, -0.2) is 29.8 Å². The predicted octanol–water partition coefficient (Wildman–Crippen LogP) is 5.14. The molecule has 2 aromatic carbocycles. The van der Waals surface area contributed by atoms with Crippen LogP contribution in [0.2, 0.25) is 0 Å². The number of amides is 2. The second kappa shape index (κ2) is 10.6. The van der Waals surface area contributed by atoms with Crippen LogP contribution in [0.4, 0.5) is 4.39 Å². The van der Waals surface area contributed by atoms with E-state index in [1.807, 2.05) is 0 Å². The van der Waals surface area contributed by atoms with Crippen molar-refractivity contribution in [3.05, 3.63) is 71.0 Å². The molecule has 1 heterocycles. The molecule has 166 valence electrons. The molecule has 1 atom stereocenters. The van der Waals surface area contributed by atoms with Crippen molar-refractivity contribution < 1.29 is 14.0 Å². The number of carbonyl (C=O) groups is 2. The van der Waals surface area contributed by atoms with Crippen molar-refractivity contribution in [3.63, 3.8) is 0 Å². The minimum Gasteiger partial charge on any atom is -0.349 e. The van der Waals surface area contributed by atoms with Crippen LogP contribution < -0.4 is 5.32 Å². The smallest absolute Gasteiger partial charge is 0.253 e. The zero-order chi connectivity index (χ0) is 22.4. The molecule has 1 fully saturated rings. The van der Waals surface area contributed by atoms with Gasteiger partial charge >= 0.3 is 0 Å². The average molecular weight is 425 g/mol. The van der Waals surface area contributed by atoms with Gasteiger partial charge < -0.3 is 10.2 Å². The number of nitrogens with one attached hydrogen (secondary N) is 1. The number of likely N-dealkylation sites (tertiary alicyclic amines) is 1. The van der Waals surface area contributed by atoms with Crippen molar-refractivity contribution >= 4 is 11.8 Å². The van der Waals surface area contributed by atoms with Gasteiger partial charge in [0.25, 0.3) is 5.91 Å². The number of halogens is 1. The van der Waals surface area contributed by atoms with E-state index in [9.17, 15) is 14.0 Å². The molecular weight excluding hydrogens is 391 g/mol. The van der Waals surface area contributed by atoms with Gasteiger partial charge in [-0.15, -0.1) is 0 Å². The number of rotatable bonds is 7. The Bertz CT molecular complexity index is 869. The summed E-state index contributed by atoms with van der Waals surface area (Å²) >= 11 is 0. The highest BCUT2D eigenvalue weighted by Crippen LogP contribution is 2.25. The van der Waals surface area contributed by atoms with Crippen molar-refractivity contribution in [1.29, 1.82) is 0 Å². The molecule has 2 amide bonds. The fourth-order valence-corrected chi connectivity index (χ4v) is 4.21. The van der Waals surface area contributed by atoms with Gasteiger partial charge in [0.1, 0.15) is 5.82 Å². The van der Waals surface area contributed by atoms with Gasteiger partial charge in [-0.05, 0) is 60.6 Å². The Morgan fingerprint density at radius 3 is 2.19 bits per heavy atom. The van der Waals surface area contributed by atoms with Crippen LogP contribution in [0.5, 0.6) is 0 Å². The Morgan fingerprint density at radius 2 is 1.65 bits per heavy atom. The lowest BCUT2D eigenvalue weighted by Gasteiger charge is -2.33. The lowest BCUT2D eigenvalue weighted by molar-refractivity contribution is -0.127. The van der Waals surface area contributed by atoms with Gasteiger partial charge in [-0.3, -0.25) is 9.59 Å². The van der Waals surface area contributed by atoms with E-state index in [2.05, 4.69) is 50.4 Å². The summed E-state index contributed by atoms with van der Waals surface area (Å²) in [7, 11) is 0. The molecule has 4 nitrogen and oxygen atoms in total. The molecule has 1 N–H and O–H groups in total. The summed E-state index contributed by atoms with van der Waals surface area (Å²) < 4.78 is 13.1. The Morgan fingerprint density at radius 1 is 1.03 bits per heavy atom. The molecule has 1 unspecified atom stereocenters. The summed E-state index contributed by atoms with van der Waals surface area (Å²) in [6, 6.07) is 14.1. The molecule has 2 aromatic rings. The summed E-state index contributed by atoms with van der Waals surface area (Å²) in [5, 5.41) is 3.25. The van der Waals surface area contributed by atoms with Gasteiger partial charge in [0.2, 0.25) is 5.91 Å². The average Bonchev–Trinajstić information content (AvgIpc) is 2.78. The minimum absolute atomic E-state index is 0.0259. The van der Waals surface area contributed by atoms with E-state index in [1.54, 1.807) is 4.90 Å². The first-order valence-electron chi connectivity index (χ1n) is 11.3. The Hall–Kier alpha value is -2.69. The maximum Gasteiger partial charge on any atom is 0.253 e. The quantitative estimate of drug-likeness (QED) is 0.669. The summed E-state index contributed by atoms with van der Waals surface area (Å²) in [4.78, 5) is 27.4. The van der Waals surface area contributed by atoms with Gasteiger partial charge in [-0.1, -0.05) is 51.5 Å². The third kappa shape index (κ3) is 5.93. The van der Waals surface area contributed by atoms with Crippen molar-refractivity contribution in [2.75, 3.05) is 13.1 Å². The van der Waals surface area contributed by atoms with Gasteiger partial charge in [0.05, 0.1) is 6.04 Å².